The summed E-state index contributed by atoms with van der Waals surface area (Å²) in [4.78, 5) is 14.4. The van der Waals surface area contributed by atoms with Crippen molar-refractivity contribution in [1.29, 1.82) is 5.41 Å². The maximum Gasteiger partial charge on any atom is 0.330 e. The summed E-state index contributed by atoms with van der Waals surface area (Å²) >= 11 is 0. The lowest BCUT2D eigenvalue weighted by Gasteiger charge is -2.20. The number of hydrogen-bond acceptors (Lipinski definition) is 4. The molecule has 1 unspecified atom stereocenters. The highest BCUT2D eigenvalue weighted by Crippen LogP contribution is 2.25. The molecule has 0 bridgehead atoms. The zero-order valence-corrected chi connectivity index (χ0v) is 15.8. The number of aliphatic carboxylic acids is 1. The van der Waals surface area contributed by atoms with Crippen LogP contribution in [0.1, 0.15) is 41.1 Å². The number of nitrogens with two attached hydrogens (primary N) is 1. The van der Waals surface area contributed by atoms with E-state index in [-0.39, 0.29) is 5.84 Å². The van der Waals surface area contributed by atoms with E-state index in [1.807, 2.05) is 12.1 Å². The average molecular weight is 378 g/mol. The molecule has 1 saturated heterocycles. The van der Waals surface area contributed by atoms with E-state index >= 15 is 0 Å². The molecule has 6 heteroatoms. The summed E-state index contributed by atoms with van der Waals surface area (Å²) in [5, 5.41) is 20.4. The standard InChI is InChI=1S/C22H26N4O2/c1-2-15-11-16(14-26-9-3-4-10-26)13-18(12-15)20(22(27)28)25-19-7-5-17(6-8-19)21(23)24/h2,5-8,11-13,20,25H,1,3-4,9-10,14H2,(H3,23,24)(H,27,28). The predicted octanol–water partition coefficient (Wildman–Crippen LogP) is 3.45. The number of carboxylic acids is 1. The van der Waals surface area contributed by atoms with Gasteiger partial charge in [-0.3, -0.25) is 10.3 Å². The minimum Gasteiger partial charge on any atom is -0.479 e. The molecule has 1 aliphatic rings. The van der Waals surface area contributed by atoms with E-state index < -0.39 is 12.0 Å². The summed E-state index contributed by atoms with van der Waals surface area (Å²) in [6.07, 6.45) is 4.17. The maximum absolute atomic E-state index is 12.0. The molecule has 28 heavy (non-hydrogen) atoms. The number of carbonyl (C=O) groups is 1. The molecule has 1 aliphatic heterocycles. The fourth-order valence-corrected chi connectivity index (χ4v) is 3.52. The highest BCUT2D eigenvalue weighted by molar-refractivity contribution is 5.95. The fourth-order valence-electron chi connectivity index (χ4n) is 3.52. The van der Waals surface area contributed by atoms with Crippen LogP contribution in [0.5, 0.6) is 0 Å². The lowest BCUT2D eigenvalue weighted by Crippen LogP contribution is -2.22. The fraction of sp³-hybridized carbons (Fsp3) is 0.273. The van der Waals surface area contributed by atoms with Crippen molar-refractivity contribution < 1.29 is 9.90 Å². The van der Waals surface area contributed by atoms with E-state index in [1.54, 1.807) is 30.3 Å². The molecule has 146 valence electrons. The number of anilines is 1. The molecule has 1 fully saturated rings. The summed E-state index contributed by atoms with van der Waals surface area (Å²) in [5.74, 6) is -0.976. The van der Waals surface area contributed by atoms with Crippen molar-refractivity contribution in [2.45, 2.75) is 25.4 Å². The average Bonchev–Trinajstić information content (AvgIpc) is 3.18. The second-order valence-electron chi connectivity index (χ2n) is 7.10. The van der Waals surface area contributed by atoms with Crippen molar-refractivity contribution >= 4 is 23.6 Å². The summed E-state index contributed by atoms with van der Waals surface area (Å²) in [7, 11) is 0. The van der Waals surface area contributed by atoms with Crippen LogP contribution in [0.2, 0.25) is 0 Å². The van der Waals surface area contributed by atoms with Gasteiger partial charge in [0.2, 0.25) is 0 Å². The molecule has 2 aromatic rings. The van der Waals surface area contributed by atoms with Gasteiger partial charge in [-0.1, -0.05) is 24.8 Å². The highest BCUT2D eigenvalue weighted by atomic mass is 16.4. The Kier molecular flexibility index (Phi) is 6.11. The van der Waals surface area contributed by atoms with E-state index in [9.17, 15) is 9.90 Å². The number of nitrogen functional groups attached to an aromatic ring is 1. The number of hydrogen-bond donors (Lipinski definition) is 4. The minimum absolute atomic E-state index is 0.0217. The van der Waals surface area contributed by atoms with Gasteiger partial charge in [-0.2, -0.15) is 0 Å². The maximum atomic E-state index is 12.0. The van der Waals surface area contributed by atoms with Gasteiger partial charge in [0.15, 0.2) is 6.04 Å². The lowest BCUT2D eigenvalue weighted by atomic mass is 9.99. The van der Waals surface area contributed by atoms with Crippen molar-refractivity contribution in [2.24, 2.45) is 5.73 Å². The zero-order valence-electron chi connectivity index (χ0n) is 15.8. The second-order valence-corrected chi connectivity index (χ2v) is 7.10. The van der Waals surface area contributed by atoms with Crippen LogP contribution >= 0.6 is 0 Å². The third kappa shape index (κ3) is 4.78. The van der Waals surface area contributed by atoms with Crippen LogP contribution in [-0.4, -0.2) is 34.9 Å². The zero-order chi connectivity index (χ0) is 20.1. The lowest BCUT2D eigenvalue weighted by molar-refractivity contribution is -0.138. The quantitative estimate of drug-likeness (QED) is 0.416. The number of nitrogens with zero attached hydrogens (tertiary/aromatic N) is 1. The molecule has 2 aromatic carbocycles. The number of amidine groups is 1. The van der Waals surface area contributed by atoms with Crippen LogP contribution in [0.4, 0.5) is 5.69 Å². The Bertz CT molecular complexity index is 871. The van der Waals surface area contributed by atoms with Gasteiger partial charge in [-0.05, 0) is 73.0 Å². The summed E-state index contributed by atoms with van der Waals surface area (Å²) in [5.41, 5.74) is 9.42. The molecule has 5 N–H and O–H groups in total. The molecule has 3 rings (SSSR count). The molecular weight excluding hydrogens is 352 g/mol. The van der Waals surface area contributed by atoms with Gasteiger partial charge in [0.05, 0.1) is 0 Å². The van der Waals surface area contributed by atoms with E-state index in [1.165, 1.54) is 12.8 Å². The van der Waals surface area contributed by atoms with Crippen molar-refractivity contribution in [2.75, 3.05) is 18.4 Å². The normalized spacial score (nSPS) is 15.1. The number of likely N-dealkylation sites (tertiary alicyclic amines) is 1. The van der Waals surface area contributed by atoms with E-state index in [0.717, 1.165) is 30.8 Å². The molecule has 0 radical (unpaired) electrons. The van der Waals surface area contributed by atoms with Crippen LogP contribution in [0, 0.1) is 5.41 Å². The van der Waals surface area contributed by atoms with Gasteiger partial charge in [0, 0.05) is 17.8 Å². The third-order valence-electron chi connectivity index (χ3n) is 4.97. The molecule has 0 aliphatic carbocycles. The molecule has 0 aromatic heterocycles. The molecule has 6 nitrogen and oxygen atoms in total. The largest absolute Gasteiger partial charge is 0.479 e. The third-order valence-corrected chi connectivity index (χ3v) is 4.97. The van der Waals surface area contributed by atoms with Gasteiger partial charge in [0.25, 0.3) is 0 Å². The number of benzene rings is 2. The smallest absolute Gasteiger partial charge is 0.330 e. The first kappa shape index (κ1) is 19.6. The SMILES string of the molecule is C=Cc1cc(CN2CCCC2)cc(C(Nc2ccc(C(=N)N)cc2)C(=O)O)c1. The number of carboxylic acid groups (broad SMARTS) is 1. The Balaban J connectivity index is 1.86. The summed E-state index contributed by atoms with van der Waals surface area (Å²) in [6.45, 7) is 6.82. The first-order valence-electron chi connectivity index (χ1n) is 9.39. The van der Waals surface area contributed by atoms with Crippen molar-refractivity contribution in [3.63, 3.8) is 0 Å². The Morgan fingerprint density at radius 3 is 2.50 bits per heavy atom. The molecular formula is C22H26N4O2. The Morgan fingerprint density at radius 1 is 1.25 bits per heavy atom. The summed E-state index contributed by atoms with van der Waals surface area (Å²) < 4.78 is 0. The minimum atomic E-state index is -0.955. The predicted molar refractivity (Wildman–Crippen MR) is 113 cm³/mol. The second kappa shape index (κ2) is 8.71. The molecule has 0 saturated carbocycles. The van der Waals surface area contributed by atoms with Crippen LogP contribution in [-0.2, 0) is 11.3 Å². The monoisotopic (exact) mass is 378 g/mol. The highest BCUT2D eigenvalue weighted by Gasteiger charge is 2.21. The summed E-state index contributed by atoms with van der Waals surface area (Å²) in [6, 6.07) is 11.8. The van der Waals surface area contributed by atoms with Gasteiger partial charge in [-0.25, -0.2) is 4.79 Å². The van der Waals surface area contributed by atoms with Crippen molar-refractivity contribution in [3.8, 4) is 0 Å². The Morgan fingerprint density at radius 2 is 1.93 bits per heavy atom. The van der Waals surface area contributed by atoms with Gasteiger partial charge in [-0.15, -0.1) is 0 Å². The topological polar surface area (TPSA) is 102 Å². The van der Waals surface area contributed by atoms with Crippen LogP contribution < -0.4 is 11.1 Å². The number of rotatable bonds is 8. The molecule has 0 spiro atoms. The molecule has 0 amide bonds. The first-order chi connectivity index (χ1) is 13.5. The van der Waals surface area contributed by atoms with E-state index in [0.29, 0.717) is 16.8 Å². The number of nitrogens with one attached hydrogen (secondary N) is 2. The van der Waals surface area contributed by atoms with Gasteiger partial charge < -0.3 is 16.2 Å². The van der Waals surface area contributed by atoms with E-state index in [4.69, 9.17) is 11.1 Å². The van der Waals surface area contributed by atoms with Crippen molar-refractivity contribution in [1.82, 2.24) is 4.90 Å². The van der Waals surface area contributed by atoms with Gasteiger partial charge >= 0.3 is 5.97 Å². The van der Waals surface area contributed by atoms with Crippen molar-refractivity contribution in [3.05, 3.63) is 71.3 Å². The molecule has 1 heterocycles. The first-order valence-corrected chi connectivity index (χ1v) is 9.39. The molecule has 1 atom stereocenters. The van der Waals surface area contributed by atoms with Crippen LogP contribution in [0.15, 0.2) is 49.0 Å². The van der Waals surface area contributed by atoms with Crippen LogP contribution in [0.25, 0.3) is 6.08 Å². The van der Waals surface area contributed by atoms with Crippen LogP contribution in [0.3, 0.4) is 0 Å². The van der Waals surface area contributed by atoms with E-state index in [2.05, 4.69) is 22.9 Å². The Hall–Kier alpha value is -3.12. The Labute approximate surface area is 165 Å². The van der Waals surface area contributed by atoms with Gasteiger partial charge in [0.1, 0.15) is 5.84 Å².